The Labute approximate surface area is 117 Å². The summed E-state index contributed by atoms with van der Waals surface area (Å²) in [5.74, 6) is 0.0233. The third-order valence-corrected chi connectivity index (χ3v) is 5.07. The van der Waals surface area contributed by atoms with Crippen molar-refractivity contribution in [2.75, 3.05) is 6.54 Å². The van der Waals surface area contributed by atoms with Crippen molar-refractivity contribution in [3.05, 3.63) is 52.0 Å². The molecule has 0 saturated heterocycles. The molecule has 0 fully saturated rings. The minimum Gasteiger partial charge on any atom is -0.250 e. The van der Waals surface area contributed by atoms with Crippen LogP contribution in [-0.4, -0.2) is 19.9 Å². The first-order chi connectivity index (χ1) is 9.07. The second kappa shape index (κ2) is 6.27. The molecular formula is C13H16N2O2S2. The van der Waals surface area contributed by atoms with Crippen LogP contribution in [0.15, 0.2) is 35.8 Å². The topological polar surface area (TPSA) is 59.1 Å². The van der Waals surface area contributed by atoms with E-state index in [-0.39, 0.29) is 5.75 Å². The summed E-state index contributed by atoms with van der Waals surface area (Å²) >= 11 is 1.56. The lowest BCUT2D eigenvalue weighted by Gasteiger charge is -2.06. The first-order valence-corrected chi connectivity index (χ1v) is 8.50. The van der Waals surface area contributed by atoms with Crippen LogP contribution in [0.3, 0.4) is 0 Å². The molecule has 0 radical (unpaired) electrons. The standard InChI is InChI=1S/C13H16N2O2S2/c1-11-13(18-10-14-11)7-8-15-19(16,17)9-12-5-3-2-4-6-12/h2-6,10,15H,7-9H2,1H3. The fourth-order valence-electron chi connectivity index (χ4n) is 1.73. The van der Waals surface area contributed by atoms with Crippen LogP contribution in [0, 0.1) is 6.92 Å². The van der Waals surface area contributed by atoms with E-state index in [0.717, 1.165) is 16.1 Å². The van der Waals surface area contributed by atoms with Crippen LogP contribution in [0.4, 0.5) is 0 Å². The van der Waals surface area contributed by atoms with Crippen molar-refractivity contribution in [3.63, 3.8) is 0 Å². The molecule has 0 aliphatic heterocycles. The number of rotatable bonds is 6. The van der Waals surface area contributed by atoms with E-state index in [0.29, 0.717) is 13.0 Å². The molecule has 0 atom stereocenters. The maximum atomic E-state index is 11.9. The van der Waals surface area contributed by atoms with Gasteiger partial charge >= 0.3 is 0 Å². The van der Waals surface area contributed by atoms with Crippen molar-refractivity contribution >= 4 is 21.4 Å². The summed E-state index contributed by atoms with van der Waals surface area (Å²) in [6.07, 6.45) is 0.685. The zero-order chi connectivity index (χ0) is 13.7. The highest BCUT2D eigenvalue weighted by atomic mass is 32.2. The van der Waals surface area contributed by atoms with E-state index in [1.54, 1.807) is 16.8 Å². The molecule has 0 bridgehead atoms. The smallest absolute Gasteiger partial charge is 0.215 e. The minimum atomic E-state index is -3.27. The molecule has 4 nitrogen and oxygen atoms in total. The van der Waals surface area contributed by atoms with Gasteiger partial charge in [-0.2, -0.15) is 0 Å². The quantitative estimate of drug-likeness (QED) is 0.888. The Morgan fingerprint density at radius 3 is 2.63 bits per heavy atom. The molecule has 19 heavy (non-hydrogen) atoms. The van der Waals surface area contributed by atoms with E-state index < -0.39 is 10.0 Å². The Bertz CT molecular complexity index is 621. The number of nitrogens with zero attached hydrogens (tertiary/aromatic N) is 1. The van der Waals surface area contributed by atoms with E-state index in [4.69, 9.17) is 0 Å². The van der Waals surface area contributed by atoms with Gasteiger partial charge in [-0.3, -0.25) is 0 Å². The number of hydrogen-bond acceptors (Lipinski definition) is 4. The molecular weight excluding hydrogens is 280 g/mol. The maximum absolute atomic E-state index is 11.9. The van der Waals surface area contributed by atoms with Crippen molar-refractivity contribution in [1.29, 1.82) is 0 Å². The van der Waals surface area contributed by atoms with Gasteiger partial charge in [-0.05, 0) is 18.9 Å². The number of aromatic nitrogens is 1. The zero-order valence-corrected chi connectivity index (χ0v) is 12.3. The summed E-state index contributed by atoms with van der Waals surface area (Å²) in [5, 5.41) is 0. The van der Waals surface area contributed by atoms with Crippen LogP contribution in [0.1, 0.15) is 16.1 Å². The average Bonchev–Trinajstić information content (AvgIpc) is 2.76. The van der Waals surface area contributed by atoms with Gasteiger partial charge in [0.05, 0.1) is 17.0 Å². The van der Waals surface area contributed by atoms with Crippen molar-refractivity contribution in [2.45, 2.75) is 19.1 Å². The molecule has 2 aromatic rings. The molecule has 102 valence electrons. The molecule has 0 spiro atoms. The van der Waals surface area contributed by atoms with Crippen LogP contribution < -0.4 is 4.72 Å². The van der Waals surface area contributed by atoms with E-state index in [2.05, 4.69) is 9.71 Å². The lowest BCUT2D eigenvalue weighted by atomic mass is 10.2. The van der Waals surface area contributed by atoms with Crippen LogP contribution in [0.5, 0.6) is 0 Å². The van der Waals surface area contributed by atoms with Crippen LogP contribution in [0.25, 0.3) is 0 Å². The summed E-state index contributed by atoms with van der Waals surface area (Å²) in [4.78, 5) is 5.27. The predicted octanol–water partition coefficient (Wildman–Crippen LogP) is 2.11. The predicted molar refractivity (Wildman–Crippen MR) is 77.6 cm³/mol. The van der Waals surface area contributed by atoms with Gasteiger partial charge in [0.25, 0.3) is 0 Å². The number of aryl methyl sites for hydroxylation is 1. The normalized spacial score (nSPS) is 11.6. The second-order valence-corrected chi connectivity index (χ2v) is 7.00. The van der Waals surface area contributed by atoms with Crippen LogP contribution in [0.2, 0.25) is 0 Å². The Balaban J connectivity index is 1.86. The third kappa shape index (κ3) is 4.41. The summed E-state index contributed by atoms with van der Waals surface area (Å²) in [6, 6.07) is 9.17. The van der Waals surface area contributed by atoms with Crippen LogP contribution >= 0.6 is 11.3 Å². The number of sulfonamides is 1. The molecule has 1 heterocycles. The maximum Gasteiger partial charge on any atom is 0.215 e. The Kier molecular flexibility index (Phi) is 4.68. The van der Waals surface area contributed by atoms with E-state index in [1.165, 1.54) is 0 Å². The van der Waals surface area contributed by atoms with E-state index >= 15 is 0 Å². The van der Waals surface area contributed by atoms with Gasteiger partial charge in [0.1, 0.15) is 0 Å². The first kappa shape index (κ1) is 14.2. The van der Waals surface area contributed by atoms with Crippen molar-refractivity contribution in [3.8, 4) is 0 Å². The number of nitrogens with one attached hydrogen (secondary N) is 1. The van der Waals surface area contributed by atoms with E-state index in [9.17, 15) is 8.42 Å². The van der Waals surface area contributed by atoms with Gasteiger partial charge in [0.2, 0.25) is 10.0 Å². The third-order valence-electron chi connectivity index (χ3n) is 2.72. The molecule has 0 aliphatic carbocycles. The van der Waals surface area contributed by atoms with Gasteiger partial charge in [-0.15, -0.1) is 11.3 Å². The molecule has 6 heteroatoms. The fraction of sp³-hybridized carbons (Fsp3) is 0.308. The zero-order valence-electron chi connectivity index (χ0n) is 10.7. The highest BCUT2D eigenvalue weighted by Crippen LogP contribution is 2.12. The largest absolute Gasteiger partial charge is 0.250 e. The SMILES string of the molecule is Cc1ncsc1CCNS(=O)(=O)Cc1ccccc1. The summed E-state index contributed by atoms with van der Waals surface area (Å²) < 4.78 is 26.4. The summed E-state index contributed by atoms with van der Waals surface area (Å²) in [7, 11) is -3.27. The van der Waals surface area contributed by atoms with Crippen molar-refractivity contribution < 1.29 is 8.42 Å². The van der Waals surface area contributed by atoms with Crippen molar-refractivity contribution in [2.24, 2.45) is 0 Å². The highest BCUT2D eigenvalue weighted by molar-refractivity contribution is 7.88. The molecule has 1 N–H and O–H groups in total. The molecule has 1 aromatic heterocycles. The van der Waals surface area contributed by atoms with Gasteiger partial charge in [0, 0.05) is 11.4 Å². The summed E-state index contributed by atoms with van der Waals surface area (Å²) in [6.45, 7) is 2.35. The van der Waals surface area contributed by atoms with Crippen molar-refractivity contribution in [1.82, 2.24) is 9.71 Å². The van der Waals surface area contributed by atoms with Gasteiger partial charge in [-0.25, -0.2) is 18.1 Å². The fourth-order valence-corrected chi connectivity index (χ4v) is 3.66. The molecule has 0 amide bonds. The highest BCUT2D eigenvalue weighted by Gasteiger charge is 2.11. The van der Waals surface area contributed by atoms with Gasteiger partial charge in [-0.1, -0.05) is 30.3 Å². The second-order valence-electron chi connectivity index (χ2n) is 4.25. The monoisotopic (exact) mass is 296 g/mol. The number of benzene rings is 1. The molecule has 1 aromatic carbocycles. The van der Waals surface area contributed by atoms with Crippen LogP contribution in [-0.2, 0) is 22.2 Å². The van der Waals surface area contributed by atoms with E-state index in [1.807, 2.05) is 37.3 Å². The number of hydrogen-bond donors (Lipinski definition) is 1. The first-order valence-electron chi connectivity index (χ1n) is 5.97. The lowest BCUT2D eigenvalue weighted by Crippen LogP contribution is -2.27. The van der Waals surface area contributed by atoms with Gasteiger partial charge < -0.3 is 0 Å². The lowest BCUT2D eigenvalue weighted by molar-refractivity contribution is 0.581. The molecule has 0 saturated carbocycles. The Morgan fingerprint density at radius 1 is 1.26 bits per heavy atom. The molecule has 2 rings (SSSR count). The number of thiazole rings is 1. The molecule has 0 unspecified atom stereocenters. The minimum absolute atomic E-state index is 0.0233. The Hall–Kier alpha value is -1.24. The Morgan fingerprint density at radius 2 is 2.00 bits per heavy atom. The van der Waals surface area contributed by atoms with Gasteiger partial charge in [0.15, 0.2) is 0 Å². The molecule has 0 aliphatic rings. The summed E-state index contributed by atoms with van der Waals surface area (Å²) in [5.41, 5.74) is 3.56. The average molecular weight is 296 g/mol.